The van der Waals surface area contributed by atoms with Gasteiger partial charge in [-0.2, -0.15) is 0 Å². The fourth-order valence-corrected chi connectivity index (χ4v) is 4.10. The maximum atomic E-state index is 13.2. The first kappa shape index (κ1) is 19.6. The summed E-state index contributed by atoms with van der Waals surface area (Å²) in [5, 5.41) is 0.313. The van der Waals surface area contributed by atoms with Gasteiger partial charge in [-0.25, -0.2) is 4.90 Å². The standard InChI is InChI=1S/C21H19Cl2N3O3/c1-29-17-8-7-14(22)13-16(17)26-20(27)18(23)19(21(26)28)25-11-9-24(10-12-25)15-5-3-2-4-6-15/h2-8,13H,9-12H2,1H3. The fourth-order valence-electron chi connectivity index (χ4n) is 3.65. The maximum Gasteiger partial charge on any atom is 0.283 e. The van der Waals surface area contributed by atoms with Crippen molar-refractivity contribution in [2.24, 2.45) is 0 Å². The number of carbonyl (C=O) groups excluding carboxylic acids is 2. The zero-order valence-corrected chi connectivity index (χ0v) is 17.3. The van der Waals surface area contributed by atoms with Crippen LogP contribution in [0.5, 0.6) is 5.75 Å². The largest absolute Gasteiger partial charge is 0.495 e. The van der Waals surface area contributed by atoms with Crippen molar-refractivity contribution in [2.45, 2.75) is 0 Å². The van der Waals surface area contributed by atoms with E-state index in [-0.39, 0.29) is 16.4 Å². The summed E-state index contributed by atoms with van der Waals surface area (Å²) in [5.74, 6) is -0.665. The van der Waals surface area contributed by atoms with Gasteiger partial charge in [0, 0.05) is 36.9 Å². The first-order valence-electron chi connectivity index (χ1n) is 9.18. The van der Waals surface area contributed by atoms with Gasteiger partial charge in [0.2, 0.25) is 0 Å². The van der Waals surface area contributed by atoms with E-state index in [1.165, 1.54) is 13.2 Å². The van der Waals surface area contributed by atoms with Crippen molar-refractivity contribution >= 4 is 46.4 Å². The van der Waals surface area contributed by atoms with Crippen LogP contribution in [-0.2, 0) is 9.59 Å². The summed E-state index contributed by atoms with van der Waals surface area (Å²) in [6, 6.07) is 14.9. The van der Waals surface area contributed by atoms with Gasteiger partial charge in [-0.15, -0.1) is 0 Å². The number of piperazine rings is 1. The molecule has 29 heavy (non-hydrogen) atoms. The molecule has 6 nitrogen and oxygen atoms in total. The van der Waals surface area contributed by atoms with Gasteiger partial charge in [-0.05, 0) is 30.3 Å². The average Bonchev–Trinajstić information content (AvgIpc) is 2.97. The number of anilines is 2. The van der Waals surface area contributed by atoms with Gasteiger partial charge in [-0.3, -0.25) is 9.59 Å². The summed E-state index contributed by atoms with van der Waals surface area (Å²) in [7, 11) is 1.47. The van der Waals surface area contributed by atoms with Gasteiger partial charge in [0.1, 0.15) is 16.5 Å². The van der Waals surface area contributed by atoms with Crippen molar-refractivity contribution < 1.29 is 14.3 Å². The van der Waals surface area contributed by atoms with Crippen LogP contribution in [0.25, 0.3) is 0 Å². The average molecular weight is 432 g/mol. The molecule has 2 amide bonds. The molecular weight excluding hydrogens is 413 g/mol. The number of methoxy groups -OCH3 is 1. The van der Waals surface area contributed by atoms with E-state index in [1.54, 1.807) is 12.1 Å². The first-order valence-corrected chi connectivity index (χ1v) is 9.94. The Morgan fingerprint density at radius 3 is 2.17 bits per heavy atom. The molecule has 1 fully saturated rings. The van der Waals surface area contributed by atoms with Gasteiger partial charge in [0.25, 0.3) is 11.8 Å². The minimum Gasteiger partial charge on any atom is -0.495 e. The minimum atomic E-state index is -0.572. The number of carbonyl (C=O) groups is 2. The van der Waals surface area contributed by atoms with Crippen LogP contribution in [0.3, 0.4) is 0 Å². The third-order valence-electron chi connectivity index (χ3n) is 5.10. The predicted molar refractivity (Wildman–Crippen MR) is 114 cm³/mol. The minimum absolute atomic E-state index is 0.0785. The van der Waals surface area contributed by atoms with Crippen LogP contribution >= 0.6 is 23.2 Å². The third kappa shape index (κ3) is 3.54. The smallest absolute Gasteiger partial charge is 0.283 e. The molecule has 0 N–H and O–H groups in total. The molecule has 2 aliphatic heterocycles. The number of benzene rings is 2. The molecule has 1 saturated heterocycles. The van der Waals surface area contributed by atoms with Crippen LogP contribution in [0.15, 0.2) is 59.3 Å². The van der Waals surface area contributed by atoms with Crippen LogP contribution in [0.4, 0.5) is 11.4 Å². The van der Waals surface area contributed by atoms with Crippen LogP contribution in [0, 0.1) is 0 Å². The van der Waals surface area contributed by atoms with Crippen LogP contribution < -0.4 is 14.5 Å². The zero-order valence-electron chi connectivity index (χ0n) is 15.8. The molecule has 4 rings (SSSR count). The highest BCUT2D eigenvalue weighted by Crippen LogP contribution is 2.38. The molecule has 150 valence electrons. The van der Waals surface area contributed by atoms with E-state index in [4.69, 9.17) is 27.9 Å². The maximum absolute atomic E-state index is 13.2. The van der Waals surface area contributed by atoms with E-state index in [0.29, 0.717) is 23.9 Å². The molecule has 0 saturated carbocycles. The number of hydrogen-bond donors (Lipinski definition) is 0. The lowest BCUT2D eigenvalue weighted by atomic mass is 10.2. The van der Waals surface area contributed by atoms with Gasteiger partial charge in [0.05, 0.1) is 12.8 Å². The summed E-state index contributed by atoms with van der Waals surface area (Å²) >= 11 is 12.4. The van der Waals surface area contributed by atoms with Crippen molar-refractivity contribution in [3.8, 4) is 5.75 Å². The highest BCUT2D eigenvalue weighted by atomic mass is 35.5. The van der Waals surface area contributed by atoms with Crippen molar-refractivity contribution in [2.75, 3.05) is 43.1 Å². The Balaban J connectivity index is 1.56. The van der Waals surface area contributed by atoms with Gasteiger partial charge >= 0.3 is 0 Å². The van der Waals surface area contributed by atoms with Crippen LogP contribution in [0.1, 0.15) is 0 Å². The fraction of sp³-hybridized carbons (Fsp3) is 0.238. The zero-order chi connectivity index (χ0) is 20.5. The lowest BCUT2D eigenvalue weighted by molar-refractivity contribution is -0.121. The lowest BCUT2D eigenvalue weighted by Crippen LogP contribution is -2.47. The van der Waals surface area contributed by atoms with E-state index in [2.05, 4.69) is 17.0 Å². The SMILES string of the molecule is COc1ccc(Cl)cc1N1C(=O)C(Cl)=C(N2CCN(c3ccccc3)CC2)C1=O. The second-order valence-electron chi connectivity index (χ2n) is 6.73. The van der Waals surface area contributed by atoms with Gasteiger partial charge < -0.3 is 14.5 Å². The van der Waals surface area contributed by atoms with E-state index in [0.717, 1.165) is 23.7 Å². The van der Waals surface area contributed by atoms with Crippen molar-refractivity contribution in [3.05, 3.63) is 64.3 Å². The van der Waals surface area contributed by atoms with Gasteiger partial charge in [-0.1, -0.05) is 41.4 Å². The van der Waals surface area contributed by atoms with Crippen LogP contribution in [-0.4, -0.2) is 50.0 Å². The predicted octanol–water partition coefficient (Wildman–Crippen LogP) is 3.49. The number of ether oxygens (including phenoxy) is 1. The molecule has 0 atom stereocenters. The lowest BCUT2D eigenvalue weighted by Gasteiger charge is -2.37. The number of nitrogens with zero attached hydrogens (tertiary/aromatic N) is 3. The normalized spacial score (nSPS) is 17.4. The number of hydrogen-bond acceptors (Lipinski definition) is 5. The number of halogens is 2. The molecule has 2 aliphatic rings. The molecule has 2 heterocycles. The topological polar surface area (TPSA) is 53.1 Å². The number of para-hydroxylation sites is 1. The Labute approximate surface area is 178 Å². The third-order valence-corrected chi connectivity index (χ3v) is 5.68. The second-order valence-corrected chi connectivity index (χ2v) is 7.55. The molecular formula is C21H19Cl2N3O3. The summed E-state index contributed by atoms with van der Waals surface area (Å²) in [6.45, 7) is 2.61. The molecule has 2 aromatic rings. The highest BCUT2D eigenvalue weighted by Gasteiger charge is 2.43. The number of amides is 2. The quantitative estimate of drug-likeness (QED) is 0.693. The van der Waals surface area contributed by atoms with E-state index in [1.807, 2.05) is 23.1 Å². The number of rotatable bonds is 4. The number of imide groups is 1. The Bertz CT molecular complexity index is 986. The van der Waals surface area contributed by atoms with Crippen molar-refractivity contribution in [1.82, 2.24) is 4.90 Å². The second kappa shape index (κ2) is 7.97. The summed E-state index contributed by atoms with van der Waals surface area (Å²) in [6.07, 6.45) is 0. The Morgan fingerprint density at radius 2 is 1.52 bits per heavy atom. The van der Waals surface area contributed by atoms with Crippen LogP contribution in [0.2, 0.25) is 5.02 Å². The summed E-state index contributed by atoms with van der Waals surface area (Å²) in [5.41, 5.74) is 1.64. The molecule has 0 radical (unpaired) electrons. The summed E-state index contributed by atoms with van der Waals surface area (Å²) < 4.78 is 5.30. The molecule has 0 bridgehead atoms. The molecule has 0 aliphatic carbocycles. The highest BCUT2D eigenvalue weighted by molar-refractivity contribution is 6.52. The molecule has 2 aromatic carbocycles. The van der Waals surface area contributed by atoms with Gasteiger partial charge in [0.15, 0.2) is 0 Å². The first-order chi connectivity index (χ1) is 14.0. The Morgan fingerprint density at radius 1 is 0.862 bits per heavy atom. The Kier molecular flexibility index (Phi) is 5.39. The van der Waals surface area contributed by atoms with E-state index < -0.39 is 11.8 Å². The molecule has 0 unspecified atom stereocenters. The summed E-state index contributed by atoms with van der Waals surface area (Å²) in [4.78, 5) is 31.1. The van der Waals surface area contributed by atoms with E-state index in [9.17, 15) is 9.59 Å². The Hall–Kier alpha value is -2.70. The van der Waals surface area contributed by atoms with E-state index >= 15 is 0 Å². The molecule has 0 spiro atoms. The molecule has 8 heteroatoms. The molecule has 0 aromatic heterocycles. The van der Waals surface area contributed by atoms with Crippen molar-refractivity contribution in [1.29, 1.82) is 0 Å². The monoisotopic (exact) mass is 431 g/mol. The van der Waals surface area contributed by atoms with Crippen molar-refractivity contribution in [3.63, 3.8) is 0 Å².